The number of carbonyl (C=O) groups excluding carboxylic acids is 1. The van der Waals surface area contributed by atoms with Crippen molar-refractivity contribution in [3.05, 3.63) is 0 Å². The van der Waals surface area contributed by atoms with Crippen LogP contribution in [0.3, 0.4) is 0 Å². The molecule has 1 rings (SSSR count). The number of amides is 1. The third kappa shape index (κ3) is 5.25. The van der Waals surface area contributed by atoms with Crippen LogP contribution >= 0.6 is 0 Å². The zero-order valence-electron chi connectivity index (χ0n) is 12.0. The predicted octanol–water partition coefficient (Wildman–Crippen LogP) is 2.97. The van der Waals surface area contributed by atoms with Crippen molar-refractivity contribution >= 4 is 6.09 Å². The van der Waals surface area contributed by atoms with Gasteiger partial charge in [0.2, 0.25) is 0 Å². The van der Waals surface area contributed by atoms with Crippen LogP contribution in [0.4, 0.5) is 4.79 Å². The highest BCUT2D eigenvalue weighted by Crippen LogP contribution is 2.17. The van der Waals surface area contributed by atoms with E-state index in [-0.39, 0.29) is 19.1 Å². The average Bonchev–Trinajstić information content (AvgIpc) is 2.14. The van der Waals surface area contributed by atoms with E-state index in [0.29, 0.717) is 0 Å². The largest absolute Gasteiger partial charge is 0.444 e. The summed E-state index contributed by atoms with van der Waals surface area (Å²) in [7, 11) is 0. The molecule has 0 spiro atoms. The lowest BCUT2D eigenvalue weighted by molar-refractivity contribution is 0.00421. The topological polar surface area (TPSA) is 32.8 Å². The first-order valence-electron chi connectivity index (χ1n) is 6.32. The first kappa shape index (κ1) is 17.2. The van der Waals surface area contributed by atoms with Gasteiger partial charge in [-0.3, -0.25) is 4.90 Å². The number of carbonyl (C=O) groups is 1. The Morgan fingerprint density at radius 2 is 1.39 bits per heavy atom. The quantitative estimate of drug-likeness (QED) is 0.669. The van der Waals surface area contributed by atoms with Gasteiger partial charge in [0.25, 0.3) is 0 Å². The molecular weight excluding hydrogens is 228 g/mol. The van der Waals surface area contributed by atoms with Crippen molar-refractivity contribution in [2.45, 2.75) is 60.1 Å². The maximum Gasteiger partial charge on any atom is 0.410 e. The highest BCUT2D eigenvalue weighted by molar-refractivity contribution is 5.68. The Bertz CT molecular complexity index is 268. The smallest absolute Gasteiger partial charge is 0.410 e. The SMILES string of the molecule is C.CC(C)(C)OC(=O)N1CCN(C(C)(C)C)CC1. The van der Waals surface area contributed by atoms with E-state index < -0.39 is 5.60 Å². The molecule has 1 amide bonds. The highest BCUT2D eigenvalue weighted by atomic mass is 16.6. The van der Waals surface area contributed by atoms with Gasteiger partial charge in [0, 0.05) is 31.7 Å². The predicted molar refractivity (Wildman–Crippen MR) is 75.9 cm³/mol. The summed E-state index contributed by atoms with van der Waals surface area (Å²) in [6.07, 6.45) is -0.189. The van der Waals surface area contributed by atoms with Gasteiger partial charge in [-0.2, -0.15) is 0 Å². The second-order valence-corrected chi connectivity index (χ2v) is 6.63. The van der Waals surface area contributed by atoms with E-state index in [9.17, 15) is 4.79 Å². The molecule has 4 heteroatoms. The maximum absolute atomic E-state index is 11.9. The van der Waals surface area contributed by atoms with E-state index in [1.165, 1.54) is 0 Å². The fraction of sp³-hybridized carbons (Fsp3) is 0.929. The van der Waals surface area contributed by atoms with Crippen molar-refractivity contribution in [2.75, 3.05) is 26.2 Å². The van der Waals surface area contributed by atoms with Gasteiger partial charge in [-0.25, -0.2) is 4.79 Å². The first-order valence-corrected chi connectivity index (χ1v) is 6.32. The zero-order valence-corrected chi connectivity index (χ0v) is 12.0. The van der Waals surface area contributed by atoms with E-state index >= 15 is 0 Å². The molecule has 0 aliphatic carbocycles. The summed E-state index contributed by atoms with van der Waals surface area (Å²) < 4.78 is 5.37. The minimum absolute atomic E-state index is 0. The van der Waals surface area contributed by atoms with Crippen molar-refractivity contribution in [1.29, 1.82) is 0 Å². The second-order valence-electron chi connectivity index (χ2n) is 6.63. The van der Waals surface area contributed by atoms with Crippen LogP contribution in [-0.2, 0) is 4.74 Å². The van der Waals surface area contributed by atoms with E-state index in [1.807, 2.05) is 20.8 Å². The van der Waals surface area contributed by atoms with Gasteiger partial charge in [-0.05, 0) is 41.5 Å². The van der Waals surface area contributed by atoms with E-state index in [1.54, 1.807) is 4.90 Å². The molecule has 0 aromatic heterocycles. The molecule has 1 fully saturated rings. The van der Waals surface area contributed by atoms with Crippen LogP contribution in [0.25, 0.3) is 0 Å². The molecule has 1 saturated heterocycles. The summed E-state index contributed by atoms with van der Waals surface area (Å²) in [5.41, 5.74) is -0.224. The van der Waals surface area contributed by atoms with Gasteiger partial charge in [0.1, 0.15) is 5.60 Å². The average molecular weight is 258 g/mol. The van der Waals surface area contributed by atoms with E-state index in [4.69, 9.17) is 4.74 Å². The van der Waals surface area contributed by atoms with Crippen molar-refractivity contribution in [2.24, 2.45) is 0 Å². The van der Waals surface area contributed by atoms with Gasteiger partial charge < -0.3 is 9.64 Å². The third-order valence-electron chi connectivity index (χ3n) is 2.88. The van der Waals surface area contributed by atoms with Crippen LogP contribution in [0.2, 0.25) is 0 Å². The standard InChI is InChI=1S/C13H26N2O2.CH4/c1-12(2,3)15-9-7-14(8-10-15)11(16)17-13(4,5)6;/h7-10H2,1-6H3;1H4. The fourth-order valence-electron chi connectivity index (χ4n) is 1.89. The van der Waals surface area contributed by atoms with Gasteiger partial charge in [0.15, 0.2) is 0 Å². The Labute approximate surface area is 112 Å². The summed E-state index contributed by atoms with van der Waals surface area (Å²) >= 11 is 0. The number of nitrogens with zero attached hydrogens (tertiary/aromatic N) is 2. The van der Waals surface area contributed by atoms with Crippen molar-refractivity contribution in [1.82, 2.24) is 9.80 Å². The van der Waals surface area contributed by atoms with Crippen LogP contribution in [-0.4, -0.2) is 53.2 Å². The molecule has 18 heavy (non-hydrogen) atoms. The molecule has 0 saturated carbocycles. The number of ether oxygens (including phenoxy) is 1. The number of rotatable bonds is 0. The molecule has 0 aromatic carbocycles. The van der Waals surface area contributed by atoms with Crippen molar-refractivity contribution in [3.63, 3.8) is 0 Å². The minimum atomic E-state index is -0.405. The molecule has 108 valence electrons. The number of hydrogen-bond donors (Lipinski definition) is 0. The Morgan fingerprint density at radius 1 is 0.944 bits per heavy atom. The van der Waals surface area contributed by atoms with Crippen molar-refractivity contribution in [3.8, 4) is 0 Å². The summed E-state index contributed by atoms with van der Waals surface area (Å²) in [6.45, 7) is 15.7. The molecular formula is C14H30N2O2. The van der Waals surface area contributed by atoms with Crippen LogP contribution in [0.5, 0.6) is 0 Å². The molecule has 4 nitrogen and oxygen atoms in total. The lowest BCUT2D eigenvalue weighted by atomic mass is 10.1. The van der Waals surface area contributed by atoms with Gasteiger partial charge >= 0.3 is 6.09 Å². The maximum atomic E-state index is 11.9. The lowest BCUT2D eigenvalue weighted by Crippen LogP contribution is -2.55. The van der Waals surface area contributed by atoms with Crippen LogP contribution in [0, 0.1) is 0 Å². The lowest BCUT2D eigenvalue weighted by Gasteiger charge is -2.42. The monoisotopic (exact) mass is 258 g/mol. The number of piperazine rings is 1. The summed E-state index contributed by atoms with van der Waals surface area (Å²) in [5, 5.41) is 0. The Morgan fingerprint density at radius 3 is 1.72 bits per heavy atom. The van der Waals surface area contributed by atoms with Crippen LogP contribution in [0.1, 0.15) is 49.0 Å². The molecule has 1 aliphatic heterocycles. The zero-order chi connectivity index (χ0) is 13.3. The Kier molecular flexibility index (Phi) is 5.66. The highest BCUT2D eigenvalue weighted by Gasteiger charge is 2.29. The van der Waals surface area contributed by atoms with Gasteiger partial charge in [-0.1, -0.05) is 7.43 Å². The molecule has 0 bridgehead atoms. The van der Waals surface area contributed by atoms with Gasteiger partial charge in [0.05, 0.1) is 0 Å². The van der Waals surface area contributed by atoms with Crippen molar-refractivity contribution < 1.29 is 9.53 Å². The summed E-state index contributed by atoms with van der Waals surface area (Å²) in [6, 6.07) is 0. The van der Waals surface area contributed by atoms with Gasteiger partial charge in [-0.15, -0.1) is 0 Å². The van der Waals surface area contributed by atoms with E-state index in [0.717, 1.165) is 26.2 Å². The summed E-state index contributed by atoms with van der Waals surface area (Å²) in [5.74, 6) is 0. The van der Waals surface area contributed by atoms with Crippen LogP contribution in [0.15, 0.2) is 0 Å². The van der Waals surface area contributed by atoms with Crippen LogP contribution < -0.4 is 0 Å². The molecule has 0 unspecified atom stereocenters. The minimum Gasteiger partial charge on any atom is -0.444 e. The van der Waals surface area contributed by atoms with E-state index in [2.05, 4.69) is 25.7 Å². The molecule has 0 atom stereocenters. The molecule has 0 N–H and O–H groups in total. The Balaban J connectivity index is 0.00000289. The second kappa shape index (κ2) is 5.91. The number of hydrogen-bond acceptors (Lipinski definition) is 3. The summed E-state index contributed by atoms with van der Waals surface area (Å²) in [4.78, 5) is 16.1. The Hall–Kier alpha value is -0.770. The fourth-order valence-corrected chi connectivity index (χ4v) is 1.89. The molecule has 1 aliphatic rings. The molecule has 0 aromatic rings. The third-order valence-corrected chi connectivity index (χ3v) is 2.88. The normalized spacial score (nSPS) is 18.2. The first-order chi connectivity index (χ1) is 7.59. The molecule has 0 radical (unpaired) electrons. The molecule has 1 heterocycles.